The molecule has 1 aliphatic heterocycles. The summed E-state index contributed by atoms with van der Waals surface area (Å²) < 4.78 is 16.5. The van der Waals surface area contributed by atoms with E-state index in [0.29, 0.717) is 37.0 Å². The van der Waals surface area contributed by atoms with Crippen molar-refractivity contribution < 1.29 is 19.0 Å². The van der Waals surface area contributed by atoms with Gasteiger partial charge in [0.2, 0.25) is 0 Å². The van der Waals surface area contributed by atoms with Crippen LogP contribution in [-0.4, -0.2) is 38.1 Å². The van der Waals surface area contributed by atoms with Crippen LogP contribution in [0, 0.1) is 0 Å². The summed E-state index contributed by atoms with van der Waals surface area (Å²) in [4.78, 5) is 11.7. The lowest BCUT2D eigenvalue weighted by Gasteiger charge is -2.33. The molecule has 116 valence electrons. The smallest absolute Gasteiger partial charge is 0.257 e. The Morgan fingerprint density at radius 1 is 1.33 bits per heavy atom. The predicted octanol–water partition coefficient (Wildman–Crippen LogP) is 2.38. The monoisotopic (exact) mass is 313 g/mol. The number of carbonyl (C=O) groups excluding carboxylic acids is 1. The molecule has 0 atom stereocenters. The van der Waals surface area contributed by atoms with Crippen molar-refractivity contribution >= 4 is 17.5 Å². The molecule has 1 heterocycles. The number of hydrogen-bond donors (Lipinski definition) is 1. The minimum Gasteiger partial charge on any atom is -0.484 e. The highest BCUT2D eigenvalue weighted by Gasteiger charge is 2.28. The van der Waals surface area contributed by atoms with Gasteiger partial charge >= 0.3 is 0 Å². The maximum atomic E-state index is 11.7. The summed E-state index contributed by atoms with van der Waals surface area (Å²) in [5.41, 5.74) is 0. The molecule has 0 aliphatic carbocycles. The molecule has 0 unspecified atom stereocenters. The lowest BCUT2D eigenvalue weighted by atomic mass is 10.2. The van der Waals surface area contributed by atoms with E-state index in [4.69, 9.17) is 25.8 Å². The molecule has 0 bridgehead atoms. The standard InChI is InChI=1S/C15H20ClNO4/c1-15(20-9-2-10-21-15)7-8-17-14(18)11-19-13-5-3-12(16)4-6-13/h3-6H,2,7-11H2,1H3,(H,17,18). The van der Waals surface area contributed by atoms with Crippen molar-refractivity contribution in [1.82, 2.24) is 5.32 Å². The SMILES string of the molecule is CC1(CCNC(=O)COc2ccc(Cl)cc2)OCCCO1. The number of halogens is 1. The molecule has 2 rings (SSSR count). The summed E-state index contributed by atoms with van der Waals surface area (Å²) >= 11 is 5.77. The van der Waals surface area contributed by atoms with E-state index in [1.165, 1.54) is 0 Å². The van der Waals surface area contributed by atoms with Gasteiger partial charge in [-0.1, -0.05) is 11.6 Å². The molecule has 0 radical (unpaired) electrons. The van der Waals surface area contributed by atoms with Gasteiger partial charge in [0.1, 0.15) is 5.75 Å². The number of nitrogens with one attached hydrogen (secondary N) is 1. The molecule has 1 fully saturated rings. The van der Waals surface area contributed by atoms with Crippen LogP contribution >= 0.6 is 11.6 Å². The molecule has 1 aromatic carbocycles. The number of carbonyl (C=O) groups is 1. The Hall–Kier alpha value is -1.30. The molecule has 1 aliphatic rings. The molecule has 0 saturated carbocycles. The van der Waals surface area contributed by atoms with Gasteiger partial charge in [-0.25, -0.2) is 0 Å². The third-order valence-corrected chi connectivity index (χ3v) is 3.44. The van der Waals surface area contributed by atoms with Gasteiger partial charge in [0.15, 0.2) is 12.4 Å². The number of rotatable bonds is 6. The van der Waals surface area contributed by atoms with Crippen molar-refractivity contribution in [2.45, 2.75) is 25.6 Å². The molecule has 1 saturated heterocycles. The van der Waals surface area contributed by atoms with Crippen LogP contribution in [0.25, 0.3) is 0 Å². The van der Waals surface area contributed by atoms with E-state index in [-0.39, 0.29) is 12.5 Å². The van der Waals surface area contributed by atoms with Crippen LogP contribution in [-0.2, 0) is 14.3 Å². The van der Waals surface area contributed by atoms with Gasteiger partial charge in [-0.2, -0.15) is 0 Å². The average Bonchev–Trinajstić information content (AvgIpc) is 2.47. The summed E-state index contributed by atoms with van der Waals surface area (Å²) in [6, 6.07) is 6.88. The summed E-state index contributed by atoms with van der Waals surface area (Å²) in [6.45, 7) is 3.75. The molecule has 21 heavy (non-hydrogen) atoms. The van der Waals surface area contributed by atoms with Gasteiger partial charge in [-0.05, 0) is 37.6 Å². The third-order valence-electron chi connectivity index (χ3n) is 3.19. The first-order chi connectivity index (χ1) is 10.1. The van der Waals surface area contributed by atoms with Crippen molar-refractivity contribution in [3.8, 4) is 5.75 Å². The van der Waals surface area contributed by atoms with Crippen molar-refractivity contribution in [3.05, 3.63) is 29.3 Å². The fraction of sp³-hybridized carbons (Fsp3) is 0.533. The first kappa shape index (κ1) is 16.1. The number of amides is 1. The van der Waals surface area contributed by atoms with Crippen LogP contribution in [0.15, 0.2) is 24.3 Å². The minimum absolute atomic E-state index is 0.0277. The fourth-order valence-corrected chi connectivity index (χ4v) is 2.11. The zero-order valence-electron chi connectivity index (χ0n) is 12.1. The molecular weight excluding hydrogens is 294 g/mol. The Morgan fingerprint density at radius 3 is 2.67 bits per heavy atom. The zero-order chi connectivity index (χ0) is 15.1. The summed E-state index contributed by atoms with van der Waals surface area (Å²) in [5.74, 6) is -0.160. The van der Waals surface area contributed by atoms with Crippen LogP contribution in [0.1, 0.15) is 19.8 Å². The van der Waals surface area contributed by atoms with Crippen molar-refractivity contribution in [1.29, 1.82) is 0 Å². The zero-order valence-corrected chi connectivity index (χ0v) is 12.8. The van der Waals surface area contributed by atoms with E-state index in [1.807, 2.05) is 6.92 Å². The first-order valence-electron chi connectivity index (χ1n) is 7.00. The van der Waals surface area contributed by atoms with Crippen LogP contribution in [0.2, 0.25) is 5.02 Å². The molecule has 1 aromatic rings. The topological polar surface area (TPSA) is 56.8 Å². The predicted molar refractivity (Wildman–Crippen MR) is 79.5 cm³/mol. The van der Waals surface area contributed by atoms with Gasteiger partial charge in [0.25, 0.3) is 5.91 Å². The summed E-state index contributed by atoms with van der Waals surface area (Å²) in [7, 11) is 0. The normalized spacial score (nSPS) is 17.2. The quantitative estimate of drug-likeness (QED) is 0.876. The lowest BCUT2D eigenvalue weighted by molar-refractivity contribution is -0.257. The van der Waals surface area contributed by atoms with E-state index in [0.717, 1.165) is 6.42 Å². The Balaban J connectivity index is 1.64. The fourth-order valence-electron chi connectivity index (χ4n) is 1.98. The highest BCUT2D eigenvalue weighted by atomic mass is 35.5. The highest BCUT2D eigenvalue weighted by Crippen LogP contribution is 2.21. The van der Waals surface area contributed by atoms with Crippen LogP contribution in [0.5, 0.6) is 5.75 Å². The second-order valence-corrected chi connectivity index (χ2v) is 5.46. The van der Waals surface area contributed by atoms with Crippen LogP contribution < -0.4 is 10.1 Å². The molecule has 5 nitrogen and oxygen atoms in total. The van der Waals surface area contributed by atoms with Gasteiger partial charge in [0.05, 0.1) is 13.2 Å². The second kappa shape index (κ2) is 7.64. The van der Waals surface area contributed by atoms with E-state index in [2.05, 4.69) is 5.32 Å². The highest BCUT2D eigenvalue weighted by molar-refractivity contribution is 6.30. The van der Waals surface area contributed by atoms with E-state index >= 15 is 0 Å². The van der Waals surface area contributed by atoms with Crippen molar-refractivity contribution in [2.24, 2.45) is 0 Å². The van der Waals surface area contributed by atoms with Crippen molar-refractivity contribution in [2.75, 3.05) is 26.4 Å². The van der Waals surface area contributed by atoms with Gasteiger partial charge in [-0.15, -0.1) is 0 Å². The summed E-state index contributed by atoms with van der Waals surface area (Å²) in [6.07, 6.45) is 1.52. The number of benzene rings is 1. The lowest BCUT2D eigenvalue weighted by Crippen LogP contribution is -2.41. The molecule has 6 heteroatoms. The van der Waals surface area contributed by atoms with Crippen molar-refractivity contribution in [3.63, 3.8) is 0 Å². The molecule has 0 aromatic heterocycles. The third kappa shape index (κ3) is 5.53. The molecular formula is C15H20ClNO4. The number of hydrogen-bond acceptors (Lipinski definition) is 4. The Kier molecular flexibility index (Phi) is 5.85. The van der Waals surface area contributed by atoms with Gasteiger partial charge in [-0.3, -0.25) is 4.79 Å². The Morgan fingerprint density at radius 2 is 2.00 bits per heavy atom. The van der Waals surface area contributed by atoms with Crippen LogP contribution in [0.4, 0.5) is 0 Å². The largest absolute Gasteiger partial charge is 0.484 e. The second-order valence-electron chi connectivity index (χ2n) is 5.03. The first-order valence-corrected chi connectivity index (χ1v) is 7.38. The Labute approximate surface area is 129 Å². The maximum absolute atomic E-state index is 11.7. The van der Waals surface area contributed by atoms with Crippen LogP contribution in [0.3, 0.4) is 0 Å². The minimum atomic E-state index is -0.595. The molecule has 1 amide bonds. The number of ether oxygens (including phenoxy) is 3. The maximum Gasteiger partial charge on any atom is 0.257 e. The average molecular weight is 314 g/mol. The molecule has 1 N–H and O–H groups in total. The van der Waals surface area contributed by atoms with Gasteiger partial charge < -0.3 is 19.5 Å². The summed E-state index contributed by atoms with van der Waals surface area (Å²) in [5, 5.41) is 3.42. The van der Waals surface area contributed by atoms with E-state index < -0.39 is 5.79 Å². The molecule has 0 spiro atoms. The van der Waals surface area contributed by atoms with Gasteiger partial charge in [0, 0.05) is 18.0 Å². The Bertz CT molecular complexity index is 457. The van der Waals surface area contributed by atoms with E-state index in [9.17, 15) is 4.79 Å². The van der Waals surface area contributed by atoms with E-state index in [1.54, 1.807) is 24.3 Å².